The molecule has 2 aromatic carbocycles. The lowest BCUT2D eigenvalue weighted by molar-refractivity contribution is -0.384. The van der Waals surface area contributed by atoms with E-state index in [9.17, 15) is 14.9 Å². The number of carbonyl (C=O) groups excluding carboxylic acids is 1. The Morgan fingerprint density at radius 2 is 2.04 bits per heavy atom. The van der Waals surface area contributed by atoms with Crippen LogP contribution in [0.3, 0.4) is 0 Å². The molecular formula is C16H14N6O4. The third-order valence-electron chi connectivity index (χ3n) is 3.57. The third kappa shape index (κ3) is 3.48. The molecule has 0 radical (unpaired) electrons. The standard InChI is InChI=1S/C16H14N6O4/c1-17-14-8-7-12(22(24)25)9-13(14)16(23)26-10-15-18-19-20-21(15)11-5-3-2-4-6-11/h2-9,17H,10H2,1H3. The molecular weight excluding hydrogens is 340 g/mol. The maximum absolute atomic E-state index is 12.4. The van der Waals surface area contributed by atoms with Crippen molar-refractivity contribution in [2.75, 3.05) is 12.4 Å². The fourth-order valence-electron chi connectivity index (χ4n) is 2.31. The number of nitrogens with zero attached hydrogens (tertiary/aromatic N) is 5. The van der Waals surface area contributed by atoms with Gasteiger partial charge in [-0.1, -0.05) is 18.2 Å². The van der Waals surface area contributed by atoms with Crippen molar-refractivity contribution in [1.29, 1.82) is 0 Å². The number of rotatable bonds is 6. The smallest absolute Gasteiger partial charge is 0.340 e. The first-order chi connectivity index (χ1) is 12.6. The van der Waals surface area contributed by atoms with Crippen molar-refractivity contribution in [3.8, 4) is 5.69 Å². The van der Waals surface area contributed by atoms with Crippen LogP contribution in [-0.2, 0) is 11.3 Å². The molecule has 0 spiro atoms. The summed E-state index contributed by atoms with van der Waals surface area (Å²) in [4.78, 5) is 22.7. The number of aromatic nitrogens is 4. The summed E-state index contributed by atoms with van der Waals surface area (Å²) in [5.74, 6) is -0.401. The molecule has 10 heteroatoms. The van der Waals surface area contributed by atoms with Gasteiger partial charge in [-0.2, -0.15) is 4.68 Å². The van der Waals surface area contributed by atoms with Crippen molar-refractivity contribution in [2.24, 2.45) is 0 Å². The van der Waals surface area contributed by atoms with Crippen molar-refractivity contribution in [1.82, 2.24) is 20.2 Å². The van der Waals surface area contributed by atoms with E-state index in [0.717, 1.165) is 11.8 Å². The van der Waals surface area contributed by atoms with Gasteiger partial charge in [-0.25, -0.2) is 4.79 Å². The average molecular weight is 354 g/mol. The minimum absolute atomic E-state index is 0.0560. The predicted molar refractivity (Wildman–Crippen MR) is 90.9 cm³/mol. The summed E-state index contributed by atoms with van der Waals surface area (Å²) in [5.41, 5.74) is 0.989. The van der Waals surface area contributed by atoms with E-state index in [1.165, 1.54) is 16.8 Å². The normalized spacial score (nSPS) is 10.3. The Morgan fingerprint density at radius 3 is 2.73 bits per heavy atom. The van der Waals surface area contributed by atoms with Crippen molar-refractivity contribution >= 4 is 17.3 Å². The van der Waals surface area contributed by atoms with E-state index >= 15 is 0 Å². The number of ether oxygens (including phenoxy) is 1. The topological polar surface area (TPSA) is 125 Å². The van der Waals surface area contributed by atoms with Crippen LogP contribution in [0.4, 0.5) is 11.4 Å². The molecule has 3 rings (SSSR count). The summed E-state index contributed by atoms with van der Waals surface area (Å²) in [7, 11) is 1.61. The molecule has 0 saturated carbocycles. The summed E-state index contributed by atoms with van der Waals surface area (Å²) in [6, 6.07) is 13.0. The molecule has 10 nitrogen and oxygen atoms in total. The maximum Gasteiger partial charge on any atom is 0.340 e. The molecule has 132 valence electrons. The molecule has 1 aromatic heterocycles. The van der Waals surface area contributed by atoms with Crippen LogP contribution in [0.1, 0.15) is 16.2 Å². The molecule has 0 bridgehead atoms. The van der Waals surface area contributed by atoms with Gasteiger partial charge in [-0.05, 0) is 28.6 Å². The zero-order chi connectivity index (χ0) is 18.5. The summed E-state index contributed by atoms with van der Waals surface area (Å²) in [5, 5.41) is 25.0. The van der Waals surface area contributed by atoms with E-state index in [4.69, 9.17) is 4.74 Å². The van der Waals surface area contributed by atoms with Crippen molar-refractivity contribution in [3.05, 3.63) is 70.0 Å². The highest BCUT2D eigenvalue weighted by Crippen LogP contribution is 2.23. The number of hydrogen-bond acceptors (Lipinski definition) is 8. The highest BCUT2D eigenvalue weighted by molar-refractivity contribution is 5.96. The van der Waals surface area contributed by atoms with Crippen LogP contribution < -0.4 is 5.32 Å². The Kier molecular flexibility index (Phi) is 4.83. The molecule has 0 amide bonds. The van der Waals surface area contributed by atoms with E-state index in [2.05, 4.69) is 20.8 Å². The van der Waals surface area contributed by atoms with Crippen molar-refractivity contribution in [3.63, 3.8) is 0 Å². The van der Waals surface area contributed by atoms with Crippen LogP contribution in [0.2, 0.25) is 0 Å². The monoisotopic (exact) mass is 354 g/mol. The van der Waals surface area contributed by atoms with Crippen LogP contribution in [0.25, 0.3) is 5.69 Å². The molecule has 0 aliphatic carbocycles. The van der Waals surface area contributed by atoms with E-state index in [1.54, 1.807) is 19.2 Å². The highest BCUT2D eigenvalue weighted by atomic mass is 16.6. The molecule has 3 aromatic rings. The molecule has 1 heterocycles. The number of non-ortho nitro benzene ring substituents is 1. The van der Waals surface area contributed by atoms with Gasteiger partial charge in [-0.15, -0.1) is 5.10 Å². The molecule has 26 heavy (non-hydrogen) atoms. The Morgan fingerprint density at radius 1 is 1.27 bits per heavy atom. The number of esters is 1. The molecule has 0 unspecified atom stereocenters. The van der Waals surface area contributed by atoms with Gasteiger partial charge in [0, 0.05) is 24.9 Å². The van der Waals surface area contributed by atoms with Gasteiger partial charge in [0.25, 0.3) is 5.69 Å². The molecule has 1 N–H and O–H groups in total. The largest absolute Gasteiger partial charge is 0.454 e. The molecule has 0 saturated heterocycles. The number of nitrogens with one attached hydrogen (secondary N) is 1. The molecule has 0 atom stereocenters. The first kappa shape index (κ1) is 17.0. The third-order valence-corrected chi connectivity index (χ3v) is 3.57. The van der Waals surface area contributed by atoms with Gasteiger partial charge in [0.2, 0.25) is 0 Å². The average Bonchev–Trinajstić information content (AvgIpc) is 3.14. The first-order valence-corrected chi connectivity index (χ1v) is 7.56. The van der Waals surface area contributed by atoms with Crippen LogP contribution in [-0.4, -0.2) is 38.1 Å². The number of hydrogen-bond donors (Lipinski definition) is 1. The first-order valence-electron chi connectivity index (χ1n) is 7.56. The number of nitro benzene ring substituents is 1. The number of anilines is 1. The summed E-state index contributed by atoms with van der Waals surface area (Å²) < 4.78 is 6.69. The number of para-hydroxylation sites is 1. The van der Waals surface area contributed by atoms with Gasteiger partial charge in [-0.3, -0.25) is 10.1 Å². The summed E-state index contributed by atoms with van der Waals surface area (Å²) in [6.45, 7) is -0.188. The fraction of sp³-hybridized carbons (Fsp3) is 0.125. The Balaban J connectivity index is 1.79. The number of nitro groups is 1. The highest BCUT2D eigenvalue weighted by Gasteiger charge is 2.19. The van der Waals surface area contributed by atoms with Gasteiger partial charge < -0.3 is 10.1 Å². The molecule has 0 fully saturated rings. The minimum Gasteiger partial charge on any atom is -0.454 e. The lowest BCUT2D eigenvalue weighted by atomic mass is 10.1. The van der Waals surface area contributed by atoms with Gasteiger partial charge >= 0.3 is 5.97 Å². The lowest BCUT2D eigenvalue weighted by Gasteiger charge is -2.09. The SMILES string of the molecule is CNc1ccc([N+](=O)[O-])cc1C(=O)OCc1nnnn1-c1ccccc1. The van der Waals surface area contributed by atoms with Crippen LogP contribution in [0.5, 0.6) is 0 Å². The number of benzene rings is 2. The van der Waals surface area contributed by atoms with Gasteiger partial charge in [0.15, 0.2) is 12.4 Å². The van der Waals surface area contributed by atoms with Crippen LogP contribution >= 0.6 is 0 Å². The molecule has 0 aliphatic rings. The second-order valence-electron chi connectivity index (χ2n) is 5.16. The van der Waals surface area contributed by atoms with Crippen molar-refractivity contribution < 1.29 is 14.5 Å². The van der Waals surface area contributed by atoms with Gasteiger partial charge in [0.1, 0.15) is 0 Å². The second-order valence-corrected chi connectivity index (χ2v) is 5.16. The van der Waals surface area contributed by atoms with Crippen molar-refractivity contribution in [2.45, 2.75) is 6.61 Å². The zero-order valence-electron chi connectivity index (χ0n) is 13.7. The summed E-state index contributed by atoms with van der Waals surface area (Å²) >= 11 is 0. The predicted octanol–water partition coefficient (Wildman–Crippen LogP) is 1.97. The van der Waals surface area contributed by atoms with E-state index in [-0.39, 0.29) is 17.9 Å². The lowest BCUT2D eigenvalue weighted by Crippen LogP contribution is -2.12. The Hall–Kier alpha value is -3.82. The van der Waals surface area contributed by atoms with E-state index < -0.39 is 10.9 Å². The van der Waals surface area contributed by atoms with Crippen LogP contribution in [0, 0.1) is 10.1 Å². The van der Waals surface area contributed by atoms with Gasteiger partial charge in [0.05, 0.1) is 16.2 Å². The quantitative estimate of drug-likeness (QED) is 0.404. The summed E-state index contributed by atoms with van der Waals surface area (Å²) in [6.07, 6.45) is 0. The van der Waals surface area contributed by atoms with Crippen LogP contribution in [0.15, 0.2) is 48.5 Å². The molecule has 0 aliphatic heterocycles. The number of tetrazole rings is 1. The maximum atomic E-state index is 12.4. The number of carbonyl (C=O) groups is 1. The Bertz CT molecular complexity index is 941. The fourth-order valence-corrected chi connectivity index (χ4v) is 2.31. The van der Waals surface area contributed by atoms with E-state index in [1.807, 2.05) is 18.2 Å². The van der Waals surface area contributed by atoms with E-state index in [0.29, 0.717) is 11.5 Å². The minimum atomic E-state index is -0.722. The Labute approximate surface area is 147 Å². The second kappa shape index (κ2) is 7.38. The zero-order valence-corrected chi connectivity index (χ0v) is 13.7.